The average molecular weight is 221 g/mol. The predicted molar refractivity (Wildman–Crippen MR) is 53.5 cm³/mol. The number of nitrogens with zero attached hydrogens (tertiary/aromatic N) is 3. The molecule has 2 aromatic rings. The molecule has 0 spiro atoms. The number of hydrogen-bond acceptors (Lipinski definition) is 5. The van der Waals surface area contributed by atoms with Gasteiger partial charge in [-0.05, 0) is 13.8 Å². The van der Waals surface area contributed by atoms with Crippen molar-refractivity contribution in [3.63, 3.8) is 0 Å². The first-order chi connectivity index (χ1) is 7.68. The molecule has 0 saturated heterocycles. The Kier molecular flexibility index (Phi) is 2.67. The normalized spacial score (nSPS) is 10.4. The van der Waals surface area contributed by atoms with E-state index in [-0.39, 0.29) is 5.91 Å². The van der Waals surface area contributed by atoms with Crippen molar-refractivity contribution in [3.05, 3.63) is 29.2 Å². The van der Waals surface area contributed by atoms with Gasteiger partial charge < -0.3 is 9.84 Å². The molecule has 16 heavy (non-hydrogen) atoms. The van der Waals surface area contributed by atoms with Crippen LogP contribution in [0.3, 0.4) is 0 Å². The van der Waals surface area contributed by atoms with E-state index in [9.17, 15) is 4.79 Å². The van der Waals surface area contributed by atoms with Crippen LogP contribution in [0.25, 0.3) is 0 Å². The number of carbonyl (C=O) groups excluding carboxylic acids is 1. The Bertz CT molecular complexity index is 468. The lowest BCUT2D eigenvalue weighted by molar-refractivity contribution is 0.0948. The van der Waals surface area contributed by atoms with Crippen molar-refractivity contribution >= 4 is 5.91 Å². The zero-order valence-electron chi connectivity index (χ0n) is 8.94. The standard InChI is InChI=1S/C9H11N5O2/c1-5-8(6(2)16-14-5)9(15)10-3-7-11-4-12-13-7/h4H,3H2,1-2H3,(H,10,15)(H,11,12,13). The maximum Gasteiger partial charge on any atom is 0.257 e. The Morgan fingerprint density at radius 3 is 2.94 bits per heavy atom. The molecule has 7 nitrogen and oxygen atoms in total. The van der Waals surface area contributed by atoms with Gasteiger partial charge in [0.1, 0.15) is 23.5 Å². The summed E-state index contributed by atoms with van der Waals surface area (Å²) in [5.41, 5.74) is 1.05. The first-order valence-corrected chi connectivity index (χ1v) is 4.74. The van der Waals surface area contributed by atoms with E-state index in [4.69, 9.17) is 4.52 Å². The van der Waals surface area contributed by atoms with Crippen LogP contribution in [0.2, 0.25) is 0 Å². The zero-order chi connectivity index (χ0) is 11.5. The molecule has 0 aliphatic carbocycles. The van der Waals surface area contributed by atoms with Crippen LogP contribution in [0.5, 0.6) is 0 Å². The van der Waals surface area contributed by atoms with Gasteiger partial charge in [-0.3, -0.25) is 9.89 Å². The van der Waals surface area contributed by atoms with Gasteiger partial charge in [0, 0.05) is 0 Å². The number of aromatic amines is 1. The number of amides is 1. The van der Waals surface area contributed by atoms with Crippen LogP contribution in [-0.2, 0) is 6.54 Å². The molecule has 0 aromatic carbocycles. The summed E-state index contributed by atoms with van der Waals surface area (Å²) >= 11 is 0. The maximum absolute atomic E-state index is 11.8. The zero-order valence-corrected chi connectivity index (χ0v) is 8.94. The molecule has 0 unspecified atom stereocenters. The Hall–Kier alpha value is -2.18. The number of rotatable bonds is 3. The van der Waals surface area contributed by atoms with Crippen molar-refractivity contribution < 1.29 is 9.32 Å². The molecule has 7 heteroatoms. The topological polar surface area (TPSA) is 96.7 Å². The summed E-state index contributed by atoms with van der Waals surface area (Å²) in [7, 11) is 0. The second-order valence-electron chi connectivity index (χ2n) is 3.31. The summed E-state index contributed by atoms with van der Waals surface area (Å²) in [6, 6.07) is 0. The molecule has 0 aliphatic rings. The van der Waals surface area contributed by atoms with Crippen molar-refractivity contribution in [1.82, 2.24) is 25.7 Å². The van der Waals surface area contributed by atoms with Gasteiger partial charge in [0.2, 0.25) is 0 Å². The minimum Gasteiger partial charge on any atom is -0.361 e. The Morgan fingerprint density at radius 1 is 1.56 bits per heavy atom. The monoisotopic (exact) mass is 221 g/mol. The van der Waals surface area contributed by atoms with Gasteiger partial charge in [-0.2, -0.15) is 5.10 Å². The Morgan fingerprint density at radius 2 is 2.38 bits per heavy atom. The van der Waals surface area contributed by atoms with Gasteiger partial charge in [-0.25, -0.2) is 4.98 Å². The SMILES string of the molecule is Cc1noc(C)c1C(=O)NCc1ncn[nH]1. The third-order valence-electron chi connectivity index (χ3n) is 2.14. The van der Waals surface area contributed by atoms with Gasteiger partial charge in [-0.15, -0.1) is 0 Å². The minimum atomic E-state index is -0.229. The molecule has 2 heterocycles. The van der Waals surface area contributed by atoms with Crippen molar-refractivity contribution in [3.8, 4) is 0 Å². The van der Waals surface area contributed by atoms with Gasteiger partial charge >= 0.3 is 0 Å². The minimum absolute atomic E-state index is 0.229. The van der Waals surface area contributed by atoms with Crippen molar-refractivity contribution in [2.24, 2.45) is 0 Å². The van der Waals surface area contributed by atoms with E-state index >= 15 is 0 Å². The quantitative estimate of drug-likeness (QED) is 0.778. The number of hydrogen-bond donors (Lipinski definition) is 2. The van der Waals surface area contributed by atoms with Crippen LogP contribution in [0, 0.1) is 13.8 Å². The molecule has 84 valence electrons. The maximum atomic E-state index is 11.8. The van der Waals surface area contributed by atoms with Crippen LogP contribution < -0.4 is 5.32 Å². The fourth-order valence-corrected chi connectivity index (χ4v) is 1.38. The number of carbonyl (C=O) groups is 1. The van der Waals surface area contributed by atoms with Gasteiger partial charge in [-0.1, -0.05) is 5.16 Å². The van der Waals surface area contributed by atoms with E-state index in [0.29, 0.717) is 29.4 Å². The van der Waals surface area contributed by atoms with Crippen LogP contribution in [0.1, 0.15) is 27.6 Å². The Balaban J connectivity index is 2.04. The third-order valence-corrected chi connectivity index (χ3v) is 2.14. The molecule has 0 saturated carbocycles. The summed E-state index contributed by atoms with van der Waals surface area (Å²) in [5.74, 6) is 0.875. The fraction of sp³-hybridized carbons (Fsp3) is 0.333. The molecule has 0 radical (unpaired) electrons. The third kappa shape index (κ3) is 1.92. The van der Waals surface area contributed by atoms with E-state index in [0.717, 1.165) is 0 Å². The highest BCUT2D eigenvalue weighted by Gasteiger charge is 2.17. The molecule has 2 N–H and O–H groups in total. The number of H-pyrrole nitrogens is 1. The van der Waals surface area contributed by atoms with Crippen molar-refractivity contribution in [2.75, 3.05) is 0 Å². The van der Waals surface area contributed by atoms with E-state index in [1.807, 2.05) is 0 Å². The number of aryl methyl sites for hydroxylation is 2. The second kappa shape index (κ2) is 4.13. The summed E-state index contributed by atoms with van der Waals surface area (Å²) in [5, 5.41) is 12.7. The first-order valence-electron chi connectivity index (χ1n) is 4.74. The van der Waals surface area contributed by atoms with E-state index in [1.54, 1.807) is 13.8 Å². The highest BCUT2D eigenvalue weighted by molar-refractivity contribution is 5.95. The molecular weight excluding hydrogens is 210 g/mol. The first kappa shape index (κ1) is 10.3. The second-order valence-corrected chi connectivity index (χ2v) is 3.31. The number of nitrogens with one attached hydrogen (secondary N) is 2. The van der Waals surface area contributed by atoms with Crippen LogP contribution in [0.4, 0.5) is 0 Å². The lowest BCUT2D eigenvalue weighted by Gasteiger charge is -2.01. The summed E-state index contributed by atoms with van der Waals surface area (Å²) in [4.78, 5) is 15.7. The molecule has 1 amide bonds. The van der Waals surface area contributed by atoms with Gasteiger partial charge in [0.05, 0.1) is 12.2 Å². The fourth-order valence-electron chi connectivity index (χ4n) is 1.38. The lowest BCUT2D eigenvalue weighted by atomic mass is 10.2. The van der Waals surface area contributed by atoms with E-state index < -0.39 is 0 Å². The molecule has 0 fully saturated rings. The smallest absolute Gasteiger partial charge is 0.257 e. The molecule has 2 aromatic heterocycles. The van der Waals surface area contributed by atoms with Gasteiger partial charge in [0.25, 0.3) is 5.91 Å². The number of aromatic nitrogens is 4. The predicted octanol–water partition coefficient (Wildman–Crippen LogP) is 0.340. The molecule has 0 atom stereocenters. The van der Waals surface area contributed by atoms with E-state index in [1.165, 1.54) is 6.33 Å². The summed E-state index contributed by atoms with van der Waals surface area (Å²) in [6.45, 7) is 3.71. The van der Waals surface area contributed by atoms with Crippen LogP contribution in [-0.4, -0.2) is 26.2 Å². The van der Waals surface area contributed by atoms with Crippen LogP contribution >= 0.6 is 0 Å². The van der Waals surface area contributed by atoms with Crippen molar-refractivity contribution in [2.45, 2.75) is 20.4 Å². The molecule has 0 bridgehead atoms. The molecule has 2 rings (SSSR count). The van der Waals surface area contributed by atoms with Crippen molar-refractivity contribution in [1.29, 1.82) is 0 Å². The summed E-state index contributed by atoms with van der Waals surface area (Å²) in [6.07, 6.45) is 1.39. The highest BCUT2D eigenvalue weighted by atomic mass is 16.5. The molecular formula is C9H11N5O2. The highest BCUT2D eigenvalue weighted by Crippen LogP contribution is 2.11. The van der Waals surface area contributed by atoms with E-state index in [2.05, 4.69) is 25.7 Å². The average Bonchev–Trinajstić information content (AvgIpc) is 2.86. The Labute approximate surface area is 91.2 Å². The molecule has 0 aliphatic heterocycles. The van der Waals surface area contributed by atoms with Crippen LogP contribution in [0.15, 0.2) is 10.9 Å². The largest absolute Gasteiger partial charge is 0.361 e. The summed E-state index contributed by atoms with van der Waals surface area (Å²) < 4.78 is 4.91. The lowest BCUT2D eigenvalue weighted by Crippen LogP contribution is -2.24. The van der Waals surface area contributed by atoms with Gasteiger partial charge in [0.15, 0.2) is 0 Å².